The number of rotatable bonds is 14. The van der Waals surface area contributed by atoms with Crippen molar-refractivity contribution in [3.05, 3.63) is 29.8 Å². The van der Waals surface area contributed by atoms with E-state index in [9.17, 15) is 13.0 Å². The standard InChI is InChI=1S/C20H34O3S.ClH/c1-2-3-4-5-6-7-8-9-10-11-12-13-16-19-17-14-15-18-20(19)24(21,22)23;/h14-15,17-18H,2-13,16H2,1H3,(H,21,22,23);1H. The molecule has 146 valence electrons. The maximum absolute atomic E-state index is 11.3. The van der Waals surface area contributed by atoms with Gasteiger partial charge < -0.3 is 0 Å². The molecule has 3 nitrogen and oxygen atoms in total. The first-order chi connectivity index (χ1) is 11.6. The number of aryl methyl sites for hydroxylation is 1. The highest BCUT2D eigenvalue weighted by atomic mass is 35.5. The Balaban J connectivity index is 0.00000576. The fourth-order valence-corrected chi connectivity index (χ4v) is 3.87. The van der Waals surface area contributed by atoms with Crippen LogP contribution in [0.5, 0.6) is 0 Å². The van der Waals surface area contributed by atoms with Gasteiger partial charge in [0.15, 0.2) is 0 Å². The van der Waals surface area contributed by atoms with Crippen molar-refractivity contribution in [3.8, 4) is 0 Å². The lowest BCUT2D eigenvalue weighted by Gasteiger charge is -2.07. The summed E-state index contributed by atoms with van der Waals surface area (Å²) in [6.45, 7) is 2.25. The molecular weight excluding hydrogens is 356 g/mol. The molecule has 0 saturated carbocycles. The minimum atomic E-state index is -4.10. The molecule has 0 saturated heterocycles. The predicted octanol–water partition coefficient (Wildman–Crippen LogP) is 6.60. The quantitative estimate of drug-likeness (QED) is 0.287. The molecule has 0 aromatic heterocycles. The van der Waals surface area contributed by atoms with Gasteiger partial charge in [0.1, 0.15) is 0 Å². The smallest absolute Gasteiger partial charge is 0.282 e. The molecule has 25 heavy (non-hydrogen) atoms. The first-order valence-electron chi connectivity index (χ1n) is 9.61. The van der Waals surface area contributed by atoms with Crippen LogP contribution in [0.15, 0.2) is 29.2 Å². The normalized spacial score (nSPS) is 11.3. The molecule has 0 aliphatic heterocycles. The van der Waals surface area contributed by atoms with E-state index in [1.807, 2.05) is 6.07 Å². The van der Waals surface area contributed by atoms with E-state index in [1.54, 1.807) is 12.1 Å². The number of halogens is 1. The van der Waals surface area contributed by atoms with Crippen LogP contribution in [0.1, 0.15) is 89.5 Å². The molecule has 1 N–H and O–H groups in total. The van der Waals surface area contributed by atoms with Gasteiger partial charge in [-0.2, -0.15) is 8.42 Å². The van der Waals surface area contributed by atoms with E-state index < -0.39 is 10.1 Å². The lowest BCUT2D eigenvalue weighted by atomic mass is 10.0. The van der Waals surface area contributed by atoms with Crippen LogP contribution in [-0.4, -0.2) is 13.0 Å². The maximum atomic E-state index is 11.3. The highest BCUT2D eigenvalue weighted by molar-refractivity contribution is 7.85. The highest BCUT2D eigenvalue weighted by Gasteiger charge is 2.13. The van der Waals surface area contributed by atoms with Gasteiger partial charge in [0.05, 0.1) is 4.90 Å². The molecule has 1 aromatic carbocycles. The molecule has 0 aliphatic rings. The van der Waals surface area contributed by atoms with E-state index in [-0.39, 0.29) is 17.3 Å². The maximum Gasteiger partial charge on any atom is 0.294 e. The van der Waals surface area contributed by atoms with Gasteiger partial charge in [-0.25, -0.2) is 0 Å². The molecule has 0 amide bonds. The second-order valence-electron chi connectivity index (χ2n) is 6.72. The van der Waals surface area contributed by atoms with Crippen LogP contribution in [0.3, 0.4) is 0 Å². The van der Waals surface area contributed by atoms with Crippen LogP contribution in [0.4, 0.5) is 0 Å². The molecule has 0 unspecified atom stereocenters. The van der Waals surface area contributed by atoms with Crippen LogP contribution in [-0.2, 0) is 16.5 Å². The average molecular weight is 391 g/mol. The third-order valence-electron chi connectivity index (χ3n) is 4.55. The van der Waals surface area contributed by atoms with Gasteiger partial charge in [0.2, 0.25) is 0 Å². The third kappa shape index (κ3) is 11.6. The van der Waals surface area contributed by atoms with E-state index in [1.165, 1.54) is 70.3 Å². The van der Waals surface area contributed by atoms with Crippen molar-refractivity contribution < 1.29 is 13.0 Å². The fraction of sp³-hybridized carbons (Fsp3) is 0.700. The van der Waals surface area contributed by atoms with Crippen molar-refractivity contribution >= 4 is 22.5 Å². The van der Waals surface area contributed by atoms with E-state index in [0.717, 1.165) is 18.4 Å². The van der Waals surface area contributed by atoms with Crippen LogP contribution in [0, 0.1) is 0 Å². The zero-order valence-corrected chi connectivity index (χ0v) is 17.2. The summed E-state index contributed by atoms with van der Waals surface area (Å²) < 4.78 is 31.9. The van der Waals surface area contributed by atoms with Crippen molar-refractivity contribution in [1.29, 1.82) is 0 Å². The van der Waals surface area contributed by atoms with Crippen molar-refractivity contribution in [2.75, 3.05) is 0 Å². The summed E-state index contributed by atoms with van der Waals surface area (Å²) in [5.74, 6) is 0. The molecule has 0 radical (unpaired) electrons. The zero-order valence-electron chi connectivity index (χ0n) is 15.6. The molecule has 0 bridgehead atoms. The fourth-order valence-electron chi connectivity index (χ4n) is 3.12. The second kappa shape index (κ2) is 14.6. The first-order valence-corrected chi connectivity index (χ1v) is 11.0. The first kappa shape index (κ1) is 24.4. The average Bonchev–Trinajstić information content (AvgIpc) is 2.55. The van der Waals surface area contributed by atoms with Crippen molar-refractivity contribution in [2.24, 2.45) is 0 Å². The monoisotopic (exact) mass is 390 g/mol. The highest BCUT2D eigenvalue weighted by Crippen LogP contribution is 2.18. The van der Waals surface area contributed by atoms with Gasteiger partial charge in [-0.3, -0.25) is 4.55 Å². The lowest BCUT2D eigenvalue weighted by Crippen LogP contribution is -2.03. The van der Waals surface area contributed by atoms with Crippen LogP contribution < -0.4 is 0 Å². The minimum Gasteiger partial charge on any atom is -0.282 e. The summed E-state index contributed by atoms with van der Waals surface area (Å²) in [6, 6.07) is 6.74. The number of benzene rings is 1. The second-order valence-corrected chi connectivity index (χ2v) is 8.11. The van der Waals surface area contributed by atoms with Crippen molar-refractivity contribution in [2.45, 2.75) is 95.3 Å². The molecule has 0 spiro atoms. The Bertz CT molecular complexity index is 544. The Morgan fingerprint density at radius 2 is 1.20 bits per heavy atom. The Hall–Kier alpha value is -0.580. The Labute approximate surface area is 160 Å². The summed E-state index contributed by atoms with van der Waals surface area (Å²) in [6.07, 6.45) is 16.2. The topological polar surface area (TPSA) is 54.4 Å². The molecule has 0 atom stereocenters. The van der Waals surface area contributed by atoms with Crippen molar-refractivity contribution in [3.63, 3.8) is 0 Å². The molecule has 0 heterocycles. The van der Waals surface area contributed by atoms with Gasteiger partial charge in [0.25, 0.3) is 10.1 Å². The van der Waals surface area contributed by atoms with E-state index in [4.69, 9.17) is 0 Å². The van der Waals surface area contributed by atoms with E-state index in [0.29, 0.717) is 6.42 Å². The van der Waals surface area contributed by atoms with Crippen LogP contribution in [0.2, 0.25) is 0 Å². The number of hydrogen-bond donors (Lipinski definition) is 1. The van der Waals surface area contributed by atoms with Crippen LogP contribution >= 0.6 is 12.4 Å². The summed E-state index contributed by atoms with van der Waals surface area (Å²) in [5.41, 5.74) is 0.729. The molecule has 0 aliphatic carbocycles. The third-order valence-corrected chi connectivity index (χ3v) is 5.50. The summed E-state index contributed by atoms with van der Waals surface area (Å²) >= 11 is 0. The Kier molecular flexibility index (Phi) is 14.2. The zero-order chi connectivity index (χ0) is 17.7. The summed E-state index contributed by atoms with van der Waals surface area (Å²) in [4.78, 5) is 0.0630. The number of unbranched alkanes of at least 4 members (excludes halogenated alkanes) is 11. The number of hydrogen-bond acceptors (Lipinski definition) is 2. The van der Waals surface area contributed by atoms with Gasteiger partial charge >= 0.3 is 0 Å². The Morgan fingerprint density at radius 1 is 0.760 bits per heavy atom. The van der Waals surface area contributed by atoms with Gasteiger partial charge in [0, 0.05) is 0 Å². The van der Waals surface area contributed by atoms with Gasteiger partial charge in [-0.1, -0.05) is 95.8 Å². The molecular formula is C20H35ClO3S. The van der Waals surface area contributed by atoms with Crippen molar-refractivity contribution in [1.82, 2.24) is 0 Å². The molecule has 5 heteroatoms. The van der Waals surface area contributed by atoms with Gasteiger partial charge in [-0.15, -0.1) is 12.4 Å². The van der Waals surface area contributed by atoms with E-state index >= 15 is 0 Å². The molecule has 0 fully saturated rings. The largest absolute Gasteiger partial charge is 0.294 e. The summed E-state index contributed by atoms with van der Waals surface area (Å²) in [7, 11) is -4.10. The summed E-state index contributed by atoms with van der Waals surface area (Å²) in [5, 5.41) is 0. The van der Waals surface area contributed by atoms with Crippen LogP contribution in [0.25, 0.3) is 0 Å². The lowest BCUT2D eigenvalue weighted by molar-refractivity contribution is 0.481. The predicted molar refractivity (Wildman–Crippen MR) is 108 cm³/mol. The minimum absolute atomic E-state index is 0. The Morgan fingerprint density at radius 3 is 1.68 bits per heavy atom. The SMILES string of the molecule is CCCCCCCCCCCCCCc1ccccc1S(=O)(=O)O.Cl. The van der Waals surface area contributed by atoms with Gasteiger partial charge in [-0.05, 0) is 24.5 Å². The molecule has 1 aromatic rings. The van der Waals surface area contributed by atoms with E-state index in [2.05, 4.69) is 6.92 Å². The molecule has 1 rings (SSSR count).